The molecule has 0 saturated carbocycles. The van der Waals surface area contributed by atoms with E-state index >= 15 is 4.39 Å². The van der Waals surface area contributed by atoms with Gasteiger partial charge in [-0.3, -0.25) is 9.88 Å². The summed E-state index contributed by atoms with van der Waals surface area (Å²) in [7, 11) is 0. The van der Waals surface area contributed by atoms with Gasteiger partial charge in [0.2, 0.25) is 0 Å². The Morgan fingerprint density at radius 3 is 2.59 bits per heavy atom. The van der Waals surface area contributed by atoms with Crippen molar-refractivity contribution in [3.05, 3.63) is 59.7 Å². The summed E-state index contributed by atoms with van der Waals surface area (Å²) in [6, 6.07) is 11.9. The molecule has 6 heterocycles. The minimum atomic E-state index is -0.554. The first-order chi connectivity index (χ1) is 23.9. The molecule has 2 N–H and O–H groups in total. The summed E-state index contributed by atoms with van der Waals surface area (Å²) in [6.07, 6.45) is 7.27. The molecule has 2 unspecified atom stereocenters. The normalized spacial score (nSPS) is 20.0. The number of anilines is 1. The molecule has 0 spiro atoms. The summed E-state index contributed by atoms with van der Waals surface area (Å²) in [5, 5.41) is 20.6. The number of aryl methyl sites for hydroxylation is 2. The van der Waals surface area contributed by atoms with Crippen molar-refractivity contribution >= 4 is 27.5 Å². The van der Waals surface area contributed by atoms with Gasteiger partial charge in [-0.25, -0.2) is 4.39 Å². The van der Waals surface area contributed by atoms with Gasteiger partial charge >= 0.3 is 6.01 Å². The van der Waals surface area contributed by atoms with Gasteiger partial charge in [0.05, 0.1) is 5.39 Å². The SMILES string of the molecule is CCc1cc(OC2CCN(CCOc3nc(N4CC5CCC(C4)N5)c4cnc(-c5cc(O)cc6cccc(CC)c56)c(F)c4n3)CC2)no1. The van der Waals surface area contributed by atoms with Crippen LogP contribution in [-0.2, 0) is 12.8 Å². The Balaban J connectivity index is 1.06. The van der Waals surface area contributed by atoms with Crippen LogP contribution < -0.4 is 19.7 Å². The van der Waals surface area contributed by atoms with Crippen molar-refractivity contribution < 1.29 is 23.5 Å². The smallest absolute Gasteiger partial charge is 0.319 e. The maximum Gasteiger partial charge on any atom is 0.319 e. The molecule has 0 radical (unpaired) electrons. The Hall–Kier alpha value is -4.55. The first-order valence-electron chi connectivity index (χ1n) is 17.5. The number of halogens is 1. The third-order valence-electron chi connectivity index (χ3n) is 10.2. The third kappa shape index (κ3) is 6.35. The fraction of sp³-hybridized carbons (Fsp3) is 0.459. The summed E-state index contributed by atoms with van der Waals surface area (Å²) in [6.45, 7) is 8.40. The van der Waals surface area contributed by atoms with E-state index in [-0.39, 0.29) is 29.1 Å². The number of likely N-dealkylation sites (tertiary alicyclic amines) is 1. The Morgan fingerprint density at radius 2 is 1.84 bits per heavy atom. The number of pyridine rings is 1. The van der Waals surface area contributed by atoms with E-state index < -0.39 is 5.82 Å². The van der Waals surface area contributed by atoms with Crippen molar-refractivity contribution in [1.29, 1.82) is 0 Å². The van der Waals surface area contributed by atoms with E-state index in [1.165, 1.54) is 0 Å². The highest BCUT2D eigenvalue weighted by atomic mass is 19.1. The molecule has 2 aromatic carbocycles. The predicted octanol–water partition coefficient (Wildman–Crippen LogP) is 5.67. The molecule has 0 amide bonds. The van der Waals surface area contributed by atoms with Crippen LogP contribution in [0.25, 0.3) is 32.9 Å². The highest BCUT2D eigenvalue weighted by molar-refractivity contribution is 6.01. The zero-order valence-corrected chi connectivity index (χ0v) is 28.0. The Labute approximate surface area is 284 Å². The Bertz CT molecular complexity index is 1970. The zero-order chi connectivity index (χ0) is 33.5. The molecule has 3 saturated heterocycles. The molecular formula is C37H42FN7O4. The summed E-state index contributed by atoms with van der Waals surface area (Å²) in [5.41, 5.74) is 1.90. The van der Waals surface area contributed by atoms with Crippen LogP contribution in [0.3, 0.4) is 0 Å². The molecule has 12 heteroatoms. The number of aromatic nitrogens is 4. The lowest BCUT2D eigenvalue weighted by atomic mass is 9.95. The Kier molecular flexibility index (Phi) is 8.67. The number of piperazine rings is 1. The van der Waals surface area contributed by atoms with Crippen LogP contribution in [0.4, 0.5) is 10.2 Å². The topological polar surface area (TPSA) is 122 Å². The monoisotopic (exact) mass is 667 g/mol. The van der Waals surface area contributed by atoms with Crippen molar-refractivity contribution in [2.45, 2.75) is 70.6 Å². The van der Waals surface area contributed by atoms with E-state index in [0.717, 1.165) is 86.8 Å². The molecule has 3 aliphatic rings. The summed E-state index contributed by atoms with van der Waals surface area (Å²) in [4.78, 5) is 18.7. The van der Waals surface area contributed by atoms with E-state index in [4.69, 9.17) is 19.0 Å². The molecule has 3 aromatic heterocycles. The fourth-order valence-corrected chi connectivity index (χ4v) is 7.66. The number of phenols is 1. The average Bonchev–Trinajstić information content (AvgIpc) is 3.72. The number of hydrogen-bond acceptors (Lipinski definition) is 11. The van der Waals surface area contributed by atoms with Gasteiger partial charge in [0.1, 0.15) is 41.2 Å². The van der Waals surface area contributed by atoms with Crippen LogP contribution in [0, 0.1) is 5.82 Å². The molecule has 2 atom stereocenters. The maximum atomic E-state index is 16.8. The second-order valence-corrected chi connectivity index (χ2v) is 13.4. The first-order valence-corrected chi connectivity index (χ1v) is 17.5. The number of hydrogen-bond donors (Lipinski definition) is 2. The molecule has 2 bridgehead atoms. The van der Waals surface area contributed by atoms with Gasteiger partial charge < -0.3 is 29.3 Å². The van der Waals surface area contributed by atoms with Crippen molar-refractivity contribution in [3.8, 4) is 28.9 Å². The van der Waals surface area contributed by atoms with Crippen molar-refractivity contribution in [1.82, 2.24) is 30.3 Å². The molecule has 3 aliphatic heterocycles. The first kappa shape index (κ1) is 31.7. The van der Waals surface area contributed by atoms with E-state index in [9.17, 15) is 5.11 Å². The van der Waals surface area contributed by atoms with Gasteiger partial charge in [0.15, 0.2) is 5.82 Å². The highest BCUT2D eigenvalue weighted by Gasteiger charge is 2.34. The number of ether oxygens (including phenoxy) is 2. The molecule has 3 fully saturated rings. The van der Waals surface area contributed by atoms with Gasteiger partial charge in [0.25, 0.3) is 5.88 Å². The van der Waals surface area contributed by atoms with Gasteiger partial charge in [-0.1, -0.05) is 32.0 Å². The maximum absolute atomic E-state index is 16.8. The lowest BCUT2D eigenvalue weighted by Crippen LogP contribution is -2.51. The van der Waals surface area contributed by atoms with Crippen LogP contribution in [0.2, 0.25) is 0 Å². The van der Waals surface area contributed by atoms with Gasteiger partial charge in [-0.2, -0.15) is 9.97 Å². The quantitative estimate of drug-likeness (QED) is 0.192. The second-order valence-electron chi connectivity index (χ2n) is 13.4. The molecule has 11 nitrogen and oxygen atoms in total. The van der Waals surface area contributed by atoms with E-state index in [2.05, 4.69) is 37.2 Å². The second kappa shape index (κ2) is 13.4. The highest BCUT2D eigenvalue weighted by Crippen LogP contribution is 2.39. The van der Waals surface area contributed by atoms with Gasteiger partial charge in [-0.05, 0) is 65.7 Å². The fourth-order valence-electron chi connectivity index (χ4n) is 7.66. The van der Waals surface area contributed by atoms with Crippen LogP contribution in [0.1, 0.15) is 50.9 Å². The zero-order valence-electron chi connectivity index (χ0n) is 28.0. The number of piperidine rings is 1. The summed E-state index contributed by atoms with van der Waals surface area (Å²) in [5.74, 6) is 1.51. The largest absolute Gasteiger partial charge is 0.508 e. The number of nitrogens with zero attached hydrogens (tertiary/aromatic N) is 6. The molecular weight excluding hydrogens is 625 g/mol. The van der Waals surface area contributed by atoms with Crippen LogP contribution in [-0.4, -0.2) is 87.6 Å². The molecule has 49 heavy (non-hydrogen) atoms. The Morgan fingerprint density at radius 1 is 1.02 bits per heavy atom. The van der Waals surface area contributed by atoms with Gasteiger partial charge in [-0.15, -0.1) is 0 Å². The molecule has 8 rings (SSSR count). The molecule has 0 aliphatic carbocycles. The lowest BCUT2D eigenvalue weighted by Gasteiger charge is -2.34. The third-order valence-corrected chi connectivity index (χ3v) is 10.2. The number of rotatable bonds is 10. The van der Waals surface area contributed by atoms with Crippen LogP contribution in [0.15, 0.2) is 47.1 Å². The lowest BCUT2D eigenvalue weighted by molar-refractivity contribution is 0.0846. The number of aromatic hydroxyl groups is 1. The van der Waals surface area contributed by atoms with Crippen LogP contribution >= 0.6 is 0 Å². The van der Waals surface area contributed by atoms with E-state index in [0.29, 0.717) is 47.9 Å². The minimum absolute atomic E-state index is 0.0557. The van der Waals surface area contributed by atoms with Crippen molar-refractivity contribution in [2.75, 3.05) is 44.2 Å². The van der Waals surface area contributed by atoms with Crippen molar-refractivity contribution in [3.63, 3.8) is 0 Å². The standard InChI is InChI=1S/C37H42FN7O4/c1-3-22-6-5-7-23-16-26(46)17-29(32(22)23)34-33(38)35-30(19-39-34)36(45-20-24-8-9-25(21-45)40-24)42-37(41-35)47-15-14-44-12-10-28(11-13-44)48-31-18-27(4-2)49-43-31/h5-7,16-19,24-25,28,40,46H,3-4,8-15,20-21H2,1-2H3. The average molecular weight is 668 g/mol. The summed E-state index contributed by atoms with van der Waals surface area (Å²) < 4.78 is 34.3. The van der Waals surface area contributed by atoms with Gasteiger partial charge in [0, 0.05) is 69.1 Å². The number of phenolic OH excluding ortho intramolecular Hbond substituents is 1. The molecule has 5 aromatic rings. The number of nitrogens with one attached hydrogen (secondary N) is 1. The molecule has 256 valence electrons. The van der Waals surface area contributed by atoms with Crippen LogP contribution in [0.5, 0.6) is 17.6 Å². The summed E-state index contributed by atoms with van der Waals surface area (Å²) >= 11 is 0. The van der Waals surface area contributed by atoms with E-state index in [1.54, 1.807) is 18.3 Å². The number of benzene rings is 2. The predicted molar refractivity (Wildman–Crippen MR) is 185 cm³/mol. The number of fused-ring (bicyclic) bond motifs is 4. The van der Waals surface area contributed by atoms with Crippen molar-refractivity contribution in [2.24, 2.45) is 0 Å². The van der Waals surface area contributed by atoms with E-state index in [1.807, 2.05) is 31.2 Å². The minimum Gasteiger partial charge on any atom is -0.508 e.